The van der Waals surface area contributed by atoms with Crippen molar-refractivity contribution in [2.75, 3.05) is 0 Å². The van der Waals surface area contributed by atoms with Crippen LogP contribution in [0.2, 0.25) is 0 Å². The average molecular weight is 489 g/mol. The standard InChI is InChI=1S/C36H24S/c1-36(26-11-3-2-4-12-26)31-15-6-5-13-27(31)28-19-17-25(22-32(28)36)24-18-20-33-30(21-24)29-14-7-9-23-10-8-16-34(37-33)35(23)29/h2-22H,1H3. The topological polar surface area (TPSA) is 0 Å². The molecule has 0 aromatic heterocycles. The summed E-state index contributed by atoms with van der Waals surface area (Å²) >= 11 is 1.89. The summed E-state index contributed by atoms with van der Waals surface area (Å²) < 4.78 is 0. The highest BCUT2D eigenvalue weighted by Gasteiger charge is 2.40. The first kappa shape index (κ1) is 21.1. The van der Waals surface area contributed by atoms with Gasteiger partial charge in [-0.25, -0.2) is 0 Å². The van der Waals surface area contributed by atoms with Gasteiger partial charge in [0.05, 0.1) is 0 Å². The van der Waals surface area contributed by atoms with Crippen molar-refractivity contribution in [1.29, 1.82) is 0 Å². The van der Waals surface area contributed by atoms with E-state index in [0.717, 1.165) is 0 Å². The predicted molar refractivity (Wildman–Crippen MR) is 156 cm³/mol. The number of rotatable bonds is 2. The number of benzene rings is 6. The summed E-state index contributed by atoms with van der Waals surface area (Å²) in [7, 11) is 0. The van der Waals surface area contributed by atoms with Gasteiger partial charge in [-0.15, -0.1) is 0 Å². The lowest BCUT2D eigenvalue weighted by Crippen LogP contribution is -2.22. The Kier molecular flexibility index (Phi) is 4.39. The molecule has 0 fully saturated rings. The minimum absolute atomic E-state index is 0.183. The molecule has 1 heteroatoms. The Balaban J connectivity index is 1.32. The molecular weight excluding hydrogens is 464 g/mol. The Morgan fingerprint density at radius 1 is 0.486 bits per heavy atom. The van der Waals surface area contributed by atoms with Gasteiger partial charge in [-0.2, -0.15) is 0 Å². The molecule has 0 saturated heterocycles. The van der Waals surface area contributed by atoms with E-state index in [-0.39, 0.29) is 5.41 Å². The lowest BCUT2D eigenvalue weighted by atomic mass is 9.74. The zero-order valence-electron chi connectivity index (χ0n) is 20.5. The van der Waals surface area contributed by atoms with Gasteiger partial charge in [0, 0.05) is 20.6 Å². The van der Waals surface area contributed by atoms with Crippen molar-refractivity contribution in [2.24, 2.45) is 0 Å². The van der Waals surface area contributed by atoms with Gasteiger partial charge in [0.15, 0.2) is 0 Å². The van der Waals surface area contributed by atoms with Gasteiger partial charge in [0.25, 0.3) is 0 Å². The second kappa shape index (κ2) is 7.71. The molecule has 0 N–H and O–H groups in total. The van der Waals surface area contributed by atoms with Crippen LogP contribution in [0.25, 0.3) is 44.2 Å². The lowest BCUT2D eigenvalue weighted by Gasteiger charge is -2.28. The van der Waals surface area contributed by atoms with Crippen LogP contribution in [0.4, 0.5) is 0 Å². The smallest absolute Gasteiger partial charge is 0.0435 e. The van der Waals surface area contributed by atoms with Crippen LogP contribution in [0, 0.1) is 0 Å². The van der Waals surface area contributed by atoms with Crippen LogP contribution < -0.4 is 0 Å². The Labute approximate surface area is 221 Å². The molecule has 8 rings (SSSR count). The largest absolute Gasteiger partial charge is 0.0888 e. The minimum atomic E-state index is -0.183. The molecule has 0 nitrogen and oxygen atoms in total. The number of fused-ring (bicyclic) bond motifs is 5. The van der Waals surface area contributed by atoms with Crippen molar-refractivity contribution in [3.63, 3.8) is 0 Å². The van der Waals surface area contributed by atoms with Crippen molar-refractivity contribution < 1.29 is 0 Å². The van der Waals surface area contributed by atoms with Crippen LogP contribution >= 0.6 is 11.8 Å². The van der Waals surface area contributed by atoms with Gasteiger partial charge in [-0.1, -0.05) is 115 Å². The Morgan fingerprint density at radius 3 is 2.08 bits per heavy atom. The SMILES string of the molecule is CC1(c2ccccc2)c2ccccc2-c2ccc(-c3ccc4c(c3)-c3cccc5cccc(c35)S4)cc21. The third-order valence-electron chi connectivity index (χ3n) is 8.35. The van der Waals surface area contributed by atoms with Crippen LogP contribution in [0.3, 0.4) is 0 Å². The highest BCUT2D eigenvalue weighted by atomic mass is 32.2. The lowest BCUT2D eigenvalue weighted by molar-refractivity contribution is 0.714. The molecule has 0 spiro atoms. The molecule has 37 heavy (non-hydrogen) atoms. The van der Waals surface area contributed by atoms with Crippen molar-refractivity contribution in [3.05, 3.63) is 144 Å². The molecule has 6 aromatic carbocycles. The highest BCUT2D eigenvalue weighted by Crippen LogP contribution is 2.54. The maximum absolute atomic E-state index is 2.44. The van der Waals surface area contributed by atoms with Crippen LogP contribution in [-0.4, -0.2) is 0 Å². The van der Waals surface area contributed by atoms with Crippen molar-refractivity contribution in [1.82, 2.24) is 0 Å². The summed E-state index contributed by atoms with van der Waals surface area (Å²) in [5, 5.41) is 2.69. The van der Waals surface area contributed by atoms with E-state index in [1.54, 1.807) is 0 Å². The molecule has 1 atom stereocenters. The average Bonchev–Trinajstić information content (AvgIpc) is 3.22. The first-order chi connectivity index (χ1) is 18.2. The molecule has 0 saturated carbocycles. The summed E-state index contributed by atoms with van der Waals surface area (Å²) in [6.45, 7) is 2.39. The Morgan fingerprint density at radius 2 is 1.19 bits per heavy atom. The summed E-state index contributed by atoms with van der Waals surface area (Å²) in [5.74, 6) is 0. The van der Waals surface area contributed by atoms with E-state index in [0.29, 0.717) is 0 Å². The number of hydrogen-bond donors (Lipinski definition) is 0. The Hall–Kier alpha value is -4.07. The van der Waals surface area contributed by atoms with Gasteiger partial charge in [0.2, 0.25) is 0 Å². The zero-order chi connectivity index (χ0) is 24.6. The summed E-state index contributed by atoms with van der Waals surface area (Å²) in [6, 6.07) is 47.3. The molecule has 0 radical (unpaired) electrons. The molecule has 2 aliphatic rings. The van der Waals surface area contributed by atoms with E-state index in [1.807, 2.05) is 11.8 Å². The summed E-state index contributed by atoms with van der Waals surface area (Å²) in [4.78, 5) is 2.68. The van der Waals surface area contributed by atoms with E-state index in [4.69, 9.17) is 0 Å². The van der Waals surface area contributed by atoms with Crippen molar-refractivity contribution in [2.45, 2.75) is 22.1 Å². The fourth-order valence-electron chi connectivity index (χ4n) is 6.50. The highest BCUT2D eigenvalue weighted by molar-refractivity contribution is 7.99. The molecule has 0 amide bonds. The fourth-order valence-corrected chi connectivity index (χ4v) is 7.63. The maximum atomic E-state index is 2.44. The van der Waals surface area contributed by atoms with Gasteiger partial charge in [-0.3, -0.25) is 0 Å². The first-order valence-corrected chi connectivity index (χ1v) is 13.7. The Bertz CT molecular complexity index is 1860. The second-order valence-electron chi connectivity index (χ2n) is 10.3. The van der Waals surface area contributed by atoms with Gasteiger partial charge >= 0.3 is 0 Å². The van der Waals surface area contributed by atoms with Crippen LogP contribution in [0.5, 0.6) is 0 Å². The van der Waals surface area contributed by atoms with E-state index in [1.165, 1.54) is 70.6 Å². The van der Waals surface area contributed by atoms with E-state index in [9.17, 15) is 0 Å². The molecule has 6 aromatic rings. The molecule has 1 heterocycles. The maximum Gasteiger partial charge on any atom is 0.0435 e. The van der Waals surface area contributed by atoms with Gasteiger partial charge in [0.1, 0.15) is 0 Å². The van der Waals surface area contributed by atoms with Gasteiger partial charge in [-0.05, 0) is 86.6 Å². The molecule has 1 aliphatic heterocycles. The molecular formula is C36H24S. The van der Waals surface area contributed by atoms with Gasteiger partial charge < -0.3 is 0 Å². The third-order valence-corrected chi connectivity index (χ3v) is 9.49. The zero-order valence-corrected chi connectivity index (χ0v) is 21.3. The minimum Gasteiger partial charge on any atom is -0.0888 e. The molecule has 0 bridgehead atoms. The first-order valence-electron chi connectivity index (χ1n) is 12.9. The second-order valence-corrected chi connectivity index (χ2v) is 11.4. The molecule has 174 valence electrons. The quantitative estimate of drug-likeness (QED) is 0.233. The van der Waals surface area contributed by atoms with Crippen molar-refractivity contribution >= 4 is 22.5 Å². The van der Waals surface area contributed by atoms with E-state index in [2.05, 4.69) is 134 Å². The third kappa shape index (κ3) is 2.92. The van der Waals surface area contributed by atoms with Crippen LogP contribution in [0.1, 0.15) is 23.6 Å². The summed E-state index contributed by atoms with van der Waals surface area (Å²) in [6.07, 6.45) is 0. The van der Waals surface area contributed by atoms with Crippen molar-refractivity contribution in [3.8, 4) is 33.4 Å². The predicted octanol–water partition coefficient (Wildman–Crippen LogP) is 9.97. The monoisotopic (exact) mass is 488 g/mol. The fraction of sp³-hybridized carbons (Fsp3) is 0.0556. The van der Waals surface area contributed by atoms with Crippen LogP contribution in [0.15, 0.2) is 137 Å². The van der Waals surface area contributed by atoms with Crippen LogP contribution in [-0.2, 0) is 5.41 Å². The number of hydrogen-bond acceptors (Lipinski definition) is 1. The summed E-state index contributed by atoms with van der Waals surface area (Å²) in [5.41, 5.74) is 11.8. The molecule has 1 aliphatic carbocycles. The molecule has 1 unspecified atom stereocenters. The van der Waals surface area contributed by atoms with E-state index >= 15 is 0 Å². The van der Waals surface area contributed by atoms with E-state index < -0.39 is 0 Å². The normalized spacial score (nSPS) is 16.8.